The van der Waals surface area contributed by atoms with E-state index in [2.05, 4.69) is 4.90 Å². The number of benzene rings is 2. The van der Waals surface area contributed by atoms with Crippen LogP contribution in [0.2, 0.25) is 0 Å². The highest BCUT2D eigenvalue weighted by Crippen LogP contribution is 2.18. The molecule has 1 heterocycles. The number of likely N-dealkylation sites (N-methyl/N-ethyl adjacent to an activating group) is 1. The van der Waals surface area contributed by atoms with Gasteiger partial charge >= 0.3 is 0 Å². The van der Waals surface area contributed by atoms with E-state index in [1.54, 1.807) is 14.2 Å². The lowest BCUT2D eigenvalue weighted by atomic mass is 9.97. The van der Waals surface area contributed by atoms with Crippen molar-refractivity contribution in [2.24, 2.45) is 0 Å². The van der Waals surface area contributed by atoms with E-state index >= 15 is 0 Å². The number of Topliss-reactive ketones (excluding diaryl/α,β-unsaturated/α-hetero) is 1. The zero-order valence-corrected chi connectivity index (χ0v) is 17.7. The number of ether oxygens (including phenoxy) is 2. The van der Waals surface area contributed by atoms with Gasteiger partial charge in [0.2, 0.25) is 0 Å². The molecule has 0 aromatic heterocycles. The number of hydrogen-bond donors (Lipinski definition) is 0. The van der Waals surface area contributed by atoms with Gasteiger partial charge in [-0.1, -0.05) is 60.7 Å². The van der Waals surface area contributed by atoms with Crippen molar-refractivity contribution in [3.63, 3.8) is 0 Å². The van der Waals surface area contributed by atoms with E-state index in [4.69, 9.17) is 9.47 Å². The van der Waals surface area contributed by atoms with Crippen LogP contribution in [0.5, 0.6) is 11.5 Å². The summed E-state index contributed by atoms with van der Waals surface area (Å²) in [4.78, 5) is 15.0. The fourth-order valence-corrected chi connectivity index (χ4v) is 3.22. The van der Waals surface area contributed by atoms with Gasteiger partial charge in [0.05, 0.1) is 14.2 Å². The first kappa shape index (κ1) is 21.3. The van der Waals surface area contributed by atoms with Gasteiger partial charge < -0.3 is 9.47 Å². The highest BCUT2D eigenvalue weighted by molar-refractivity contribution is 6.10. The Morgan fingerprint density at radius 2 is 1.13 bits per heavy atom. The number of nitrogens with zero attached hydrogens (tertiary/aromatic N) is 1. The predicted octanol–water partition coefficient (Wildman–Crippen LogP) is 4.80. The second kappa shape index (κ2) is 10.4. The Balaban J connectivity index is 1.69. The summed E-state index contributed by atoms with van der Waals surface area (Å²) in [5.74, 6) is 1.76. The molecule has 1 aliphatic heterocycles. The van der Waals surface area contributed by atoms with Crippen LogP contribution in [-0.2, 0) is 4.79 Å². The maximum Gasteiger partial charge on any atom is 0.187 e. The van der Waals surface area contributed by atoms with Crippen LogP contribution in [0.3, 0.4) is 0 Å². The highest BCUT2D eigenvalue weighted by atomic mass is 16.5. The van der Waals surface area contributed by atoms with Gasteiger partial charge in [-0.2, -0.15) is 0 Å². The first-order chi connectivity index (χ1) is 14.6. The molecule has 154 valence electrons. The third-order valence-electron chi connectivity index (χ3n) is 4.87. The summed E-state index contributed by atoms with van der Waals surface area (Å²) in [6.45, 7) is 1.29. The van der Waals surface area contributed by atoms with E-state index in [1.807, 2.05) is 92.0 Å². The van der Waals surface area contributed by atoms with Gasteiger partial charge in [0.1, 0.15) is 11.5 Å². The summed E-state index contributed by atoms with van der Waals surface area (Å²) in [6, 6.07) is 15.6. The lowest BCUT2D eigenvalue weighted by Gasteiger charge is -2.25. The van der Waals surface area contributed by atoms with Gasteiger partial charge in [-0.15, -0.1) is 0 Å². The Morgan fingerprint density at radius 1 is 0.733 bits per heavy atom. The average Bonchev–Trinajstić information content (AvgIpc) is 2.77. The summed E-state index contributed by atoms with van der Waals surface area (Å²) in [5, 5.41) is 0. The molecule has 0 N–H and O–H groups in total. The Labute approximate surface area is 178 Å². The molecule has 0 spiro atoms. The van der Waals surface area contributed by atoms with E-state index in [0.717, 1.165) is 33.8 Å². The van der Waals surface area contributed by atoms with Crippen molar-refractivity contribution in [2.75, 3.05) is 34.4 Å². The number of ketones is 1. The van der Waals surface area contributed by atoms with Crippen LogP contribution in [-0.4, -0.2) is 45.0 Å². The predicted molar refractivity (Wildman–Crippen MR) is 123 cm³/mol. The number of allylic oxidation sites excluding steroid dienone is 4. The lowest BCUT2D eigenvalue weighted by Crippen LogP contribution is -2.34. The zero-order valence-electron chi connectivity index (χ0n) is 17.7. The highest BCUT2D eigenvalue weighted by Gasteiger charge is 2.22. The van der Waals surface area contributed by atoms with Crippen molar-refractivity contribution in [1.82, 2.24) is 4.90 Å². The van der Waals surface area contributed by atoms with Gasteiger partial charge in [0.25, 0.3) is 0 Å². The Morgan fingerprint density at radius 3 is 1.50 bits per heavy atom. The molecule has 0 aliphatic carbocycles. The second-order valence-electron chi connectivity index (χ2n) is 7.15. The van der Waals surface area contributed by atoms with Gasteiger partial charge in [-0.05, 0) is 42.4 Å². The normalized spacial score (nSPS) is 18.0. The molecule has 0 radical (unpaired) electrons. The molecular weight excluding hydrogens is 374 g/mol. The third-order valence-corrected chi connectivity index (χ3v) is 4.87. The van der Waals surface area contributed by atoms with Crippen molar-refractivity contribution >= 4 is 17.9 Å². The molecule has 0 unspecified atom stereocenters. The molecule has 0 amide bonds. The summed E-state index contributed by atoms with van der Waals surface area (Å²) in [7, 11) is 5.32. The first-order valence-corrected chi connectivity index (χ1v) is 9.85. The standard InChI is InChI=1S/C26H27NO3/c1-27-18-22(8-4-6-20-10-14-24(29-2)15-11-20)26(28)23(19-27)9-5-7-21-12-16-25(30-3)17-13-21/h4-17H,18-19H2,1-3H3. The topological polar surface area (TPSA) is 38.8 Å². The molecular formula is C26H27NO3. The molecule has 1 fully saturated rings. The van der Waals surface area contributed by atoms with Crippen LogP contribution in [0, 0.1) is 0 Å². The van der Waals surface area contributed by atoms with Gasteiger partial charge in [-0.3, -0.25) is 9.69 Å². The monoisotopic (exact) mass is 401 g/mol. The largest absolute Gasteiger partial charge is 0.497 e. The van der Waals surface area contributed by atoms with Crippen molar-refractivity contribution in [3.8, 4) is 11.5 Å². The third kappa shape index (κ3) is 5.82. The smallest absolute Gasteiger partial charge is 0.187 e. The molecule has 3 rings (SSSR count). The molecule has 1 saturated heterocycles. The van der Waals surface area contributed by atoms with Gasteiger partial charge in [0.15, 0.2) is 5.78 Å². The molecule has 4 nitrogen and oxygen atoms in total. The number of carbonyl (C=O) groups is 1. The Kier molecular flexibility index (Phi) is 7.41. The van der Waals surface area contributed by atoms with E-state index < -0.39 is 0 Å². The van der Waals surface area contributed by atoms with E-state index in [-0.39, 0.29) is 5.78 Å². The average molecular weight is 402 g/mol. The minimum Gasteiger partial charge on any atom is -0.497 e. The molecule has 30 heavy (non-hydrogen) atoms. The maximum atomic E-state index is 12.9. The zero-order chi connectivity index (χ0) is 21.3. The summed E-state index contributed by atoms with van der Waals surface area (Å²) in [6.07, 6.45) is 11.6. The number of rotatable bonds is 6. The van der Waals surface area contributed by atoms with E-state index in [1.165, 1.54) is 0 Å². The lowest BCUT2D eigenvalue weighted by molar-refractivity contribution is -0.113. The number of carbonyl (C=O) groups excluding carboxylic acids is 1. The van der Waals surface area contributed by atoms with Crippen LogP contribution >= 0.6 is 0 Å². The first-order valence-electron chi connectivity index (χ1n) is 9.85. The Bertz CT molecular complexity index is 900. The van der Waals surface area contributed by atoms with Crippen LogP contribution in [0.15, 0.2) is 84.0 Å². The molecule has 0 atom stereocenters. The molecule has 2 aromatic rings. The van der Waals surface area contributed by atoms with Crippen LogP contribution < -0.4 is 9.47 Å². The number of piperidine rings is 1. The van der Waals surface area contributed by atoms with E-state index in [9.17, 15) is 4.79 Å². The number of methoxy groups -OCH3 is 2. The summed E-state index contributed by atoms with van der Waals surface area (Å²) < 4.78 is 10.3. The SMILES string of the molecule is COc1ccc(C=CC=C2CN(C)CC(=CC=Cc3ccc(OC)cc3)C2=O)cc1. The summed E-state index contributed by atoms with van der Waals surface area (Å²) in [5.41, 5.74) is 3.69. The summed E-state index contributed by atoms with van der Waals surface area (Å²) >= 11 is 0. The van der Waals surface area contributed by atoms with E-state index in [0.29, 0.717) is 13.1 Å². The number of hydrogen-bond acceptors (Lipinski definition) is 4. The van der Waals surface area contributed by atoms with Crippen molar-refractivity contribution in [2.45, 2.75) is 0 Å². The minimum atomic E-state index is 0.104. The minimum absolute atomic E-state index is 0.104. The van der Waals surface area contributed by atoms with Crippen molar-refractivity contribution in [1.29, 1.82) is 0 Å². The van der Waals surface area contributed by atoms with Crippen LogP contribution in [0.1, 0.15) is 11.1 Å². The fourth-order valence-electron chi connectivity index (χ4n) is 3.22. The van der Waals surface area contributed by atoms with Gasteiger partial charge in [-0.25, -0.2) is 0 Å². The molecule has 1 aliphatic rings. The molecule has 2 aromatic carbocycles. The van der Waals surface area contributed by atoms with Crippen LogP contribution in [0.25, 0.3) is 12.2 Å². The van der Waals surface area contributed by atoms with Crippen LogP contribution in [0.4, 0.5) is 0 Å². The fraction of sp³-hybridized carbons (Fsp3) is 0.192. The molecule has 4 heteroatoms. The second-order valence-corrected chi connectivity index (χ2v) is 7.15. The Hall–Kier alpha value is -3.37. The number of likely N-dealkylation sites (tertiary alicyclic amines) is 1. The molecule has 0 bridgehead atoms. The van der Waals surface area contributed by atoms with Crippen molar-refractivity contribution in [3.05, 3.63) is 95.1 Å². The van der Waals surface area contributed by atoms with Gasteiger partial charge in [0, 0.05) is 24.2 Å². The van der Waals surface area contributed by atoms with Crippen molar-refractivity contribution < 1.29 is 14.3 Å². The quantitative estimate of drug-likeness (QED) is 0.652. The molecule has 0 saturated carbocycles. The maximum absolute atomic E-state index is 12.9.